The van der Waals surface area contributed by atoms with E-state index in [-0.39, 0.29) is 5.82 Å². The normalized spacial score (nSPS) is 23.9. The minimum absolute atomic E-state index is 0.0581. The minimum Gasteiger partial charge on any atom is -0.307 e. The van der Waals surface area contributed by atoms with Crippen molar-refractivity contribution < 1.29 is 4.39 Å². The maximum Gasteiger partial charge on any atom is 0.126 e. The first-order valence-electron chi connectivity index (χ1n) is 6.78. The molecule has 1 aliphatic carbocycles. The molecule has 0 spiro atoms. The van der Waals surface area contributed by atoms with Gasteiger partial charge in [0, 0.05) is 17.0 Å². The summed E-state index contributed by atoms with van der Waals surface area (Å²) < 4.78 is 13.7. The summed E-state index contributed by atoms with van der Waals surface area (Å²) in [6.07, 6.45) is 2.08. The second kappa shape index (κ2) is 5.43. The largest absolute Gasteiger partial charge is 0.307 e. The van der Waals surface area contributed by atoms with Crippen molar-refractivity contribution in [3.8, 4) is 0 Å². The Balaban J connectivity index is 1.55. The Bertz CT molecular complexity index is 531. The molecule has 19 heavy (non-hydrogen) atoms. The van der Waals surface area contributed by atoms with Crippen LogP contribution in [0.1, 0.15) is 42.2 Å². The highest BCUT2D eigenvalue weighted by Crippen LogP contribution is 2.39. The Morgan fingerprint density at radius 3 is 2.68 bits per heavy atom. The summed E-state index contributed by atoms with van der Waals surface area (Å²) in [5, 5.41) is 5.73. The maximum absolute atomic E-state index is 13.7. The van der Waals surface area contributed by atoms with Crippen LogP contribution in [0.15, 0.2) is 41.8 Å². The quantitative estimate of drug-likeness (QED) is 0.867. The molecule has 2 aromatic rings. The van der Waals surface area contributed by atoms with Crippen molar-refractivity contribution in [2.24, 2.45) is 0 Å². The molecule has 1 heterocycles. The molecule has 1 atom stereocenters. The Kier molecular flexibility index (Phi) is 3.67. The molecule has 3 heteroatoms. The molecule has 1 saturated carbocycles. The van der Waals surface area contributed by atoms with Gasteiger partial charge in [-0.15, -0.1) is 11.3 Å². The van der Waals surface area contributed by atoms with Crippen molar-refractivity contribution in [1.29, 1.82) is 0 Å². The number of thiophene rings is 1. The third-order valence-corrected chi connectivity index (χ3v) is 4.99. The SMILES string of the molecule is C[C@H](NC1CC(c2ccccc2F)C1)c1cccs1. The topological polar surface area (TPSA) is 12.0 Å². The lowest BCUT2D eigenvalue weighted by Gasteiger charge is -2.38. The predicted molar refractivity (Wildman–Crippen MR) is 78.0 cm³/mol. The summed E-state index contributed by atoms with van der Waals surface area (Å²) in [5.41, 5.74) is 0.879. The number of hydrogen-bond acceptors (Lipinski definition) is 2. The van der Waals surface area contributed by atoms with Crippen molar-refractivity contribution in [2.75, 3.05) is 0 Å². The molecule has 0 amide bonds. The standard InChI is InChI=1S/C16H18FNS/c1-11(16-7-4-8-19-16)18-13-9-12(10-13)14-5-2-3-6-15(14)17/h2-8,11-13,18H,9-10H2,1H3/t11-,12?,13?/m0/s1. The summed E-state index contributed by atoms with van der Waals surface area (Å²) in [5.74, 6) is 0.325. The van der Waals surface area contributed by atoms with Crippen LogP contribution in [-0.2, 0) is 0 Å². The zero-order valence-electron chi connectivity index (χ0n) is 11.0. The van der Waals surface area contributed by atoms with E-state index in [0.717, 1.165) is 18.4 Å². The average Bonchev–Trinajstić information content (AvgIpc) is 2.88. The van der Waals surface area contributed by atoms with E-state index in [2.05, 4.69) is 29.8 Å². The molecule has 0 saturated heterocycles. The molecule has 1 nitrogen and oxygen atoms in total. The van der Waals surface area contributed by atoms with Crippen LogP contribution in [0, 0.1) is 5.82 Å². The van der Waals surface area contributed by atoms with Gasteiger partial charge in [-0.2, -0.15) is 0 Å². The summed E-state index contributed by atoms with van der Waals surface area (Å²) in [6, 6.07) is 12.3. The van der Waals surface area contributed by atoms with E-state index in [1.807, 2.05) is 12.1 Å². The molecule has 0 aliphatic heterocycles. The van der Waals surface area contributed by atoms with Crippen LogP contribution < -0.4 is 5.32 Å². The molecule has 0 unspecified atom stereocenters. The summed E-state index contributed by atoms with van der Waals surface area (Å²) in [6.45, 7) is 2.20. The fourth-order valence-corrected chi connectivity index (χ4v) is 3.53. The van der Waals surface area contributed by atoms with Gasteiger partial charge in [-0.1, -0.05) is 24.3 Å². The third-order valence-electron chi connectivity index (χ3n) is 3.94. The lowest BCUT2D eigenvalue weighted by Crippen LogP contribution is -2.41. The zero-order chi connectivity index (χ0) is 13.2. The van der Waals surface area contributed by atoms with E-state index in [4.69, 9.17) is 0 Å². The fourth-order valence-electron chi connectivity index (χ4n) is 2.79. The summed E-state index contributed by atoms with van der Waals surface area (Å²) in [4.78, 5) is 1.37. The van der Waals surface area contributed by atoms with Crippen molar-refractivity contribution in [3.63, 3.8) is 0 Å². The molecule has 1 aliphatic rings. The summed E-state index contributed by atoms with van der Waals surface area (Å²) in [7, 11) is 0. The molecular weight excluding hydrogens is 257 g/mol. The predicted octanol–water partition coefficient (Wildman–Crippen LogP) is 4.48. The zero-order valence-corrected chi connectivity index (χ0v) is 11.8. The van der Waals surface area contributed by atoms with Gasteiger partial charge in [-0.3, -0.25) is 0 Å². The van der Waals surface area contributed by atoms with E-state index in [1.165, 1.54) is 4.88 Å². The van der Waals surface area contributed by atoms with Crippen molar-refractivity contribution in [1.82, 2.24) is 5.32 Å². The molecule has 3 rings (SSSR count). The minimum atomic E-state index is -0.0581. The molecule has 0 bridgehead atoms. The van der Waals surface area contributed by atoms with Crippen LogP contribution in [0.3, 0.4) is 0 Å². The van der Waals surface area contributed by atoms with Gasteiger partial charge in [0.1, 0.15) is 5.82 Å². The van der Waals surface area contributed by atoms with Crippen LogP contribution in [0.4, 0.5) is 4.39 Å². The Morgan fingerprint density at radius 1 is 1.21 bits per heavy atom. The first kappa shape index (κ1) is 12.8. The van der Waals surface area contributed by atoms with Gasteiger partial charge in [0.15, 0.2) is 0 Å². The Hall–Kier alpha value is -1.19. The number of benzene rings is 1. The molecule has 1 aromatic carbocycles. The highest BCUT2D eigenvalue weighted by Gasteiger charge is 2.32. The van der Waals surface area contributed by atoms with Crippen LogP contribution in [0.25, 0.3) is 0 Å². The number of nitrogens with one attached hydrogen (secondary N) is 1. The molecule has 1 aromatic heterocycles. The van der Waals surface area contributed by atoms with Crippen molar-refractivity contribution in [2.45, 2.75) is 37.8 Å². The average molecular weight is 275 g/mol. The van der Waals surface area contributed by atoms with Crippen molar-refractivity contribution in [3.05, 3.63) is 58.0 Å². The summed E-state index contributed by atoms with van der Waals surface area (Å²) >= 11 is 1.78. The van der Waals surface area contributed by atoms with E-state index in [0.29, 0.717) is 18.0 Å². The van der Waals surface area contributed by atoms with Gasteiger partial charge in [-0.25, -0.2) is 4.39 Å². The highest BCUT2D eigenvalue weighted by molar-refractivity contribution is 7.10. The van der Waals surface area contributed by atoms with Crippen molar-refractivity contribution >= 4 is 11.3 Å². The lowest BCUT2D eigenvalue weighted by atomic mass is 9.75. The molecular formula is C16H18FNS. The smallest absolute Gasteiger partial charge is 0.126 e. The monoisotopic (exact) mass is 275 g/mol. The van der Waals surface area contributed by atoms with Gasteiger partial charge in [0.05, 0.1) is 0 Å². The first-order chi connectivity index (χ1) is 9.24. The number of halogens is 1. The molecule has 1 fully saturated rings. The molecule has 0 radical (unpaired) electrons. The van der Waals surface area contributed by atoms with Gasteiger partial charge < -0.3 is 5.32 Å². The van der Waals surface area contributed by atoms with Gasteiger partial charge in [-0.05, 0) is 48.8 Å². The van der Waals surface area contributed by atoms with Crippen LogP contribution in [-0.4, -0.2) is 6.04 Å². The second-order valence-electron chi connectivity index (χ2n) is 5.29. The van der Waals surface area contributed by atoms with Crippen LogP contribution >= 0.6 is 11.3 Å². The van der Waals surface area contributed by atoms with Gasteiger partial charge in [0.25, 0.3) is 0 Å². The highest BCUT2D eigenvalue weighted by atomic mass is 32.1. The maximum atomic E-state index is 13.7. The second-order valence-corrected chi connectivity index (χ2v) is 6.27. The molecule has 100 valence electrons. The fraction of sp³-hybridized carbons (Fsp3) is 0.375. The third kappa shape index (κ3) is 2.72. The Labute approximate surface area is 117 Å². The van der Waals surface area contributed by atoms with Crippen LogP contribution in [0.5, 0.6) is 0 Å². The van der Waals surface area contributed by atoms with Crippen LogP contribution in [0.2, 0.25) is 0 Å². The number of rotatable bonds is 4. The van der Waals surface area contributed by atoms with E-state index < -0.39 is 0 Å². The lowest BCUT2D eigenvalue weighted by molar-refractivity contribution is 0.267. The Morgan fingerprint density at radius 2 is 2.00 bits per heavy atom. The molecule has 1 N–H and O–H groups in total. The van der Waals surface area contributed by atoms with E-state index in [1.54, 1.807) is 23.5 Å². The van der Waals surface area contributed by atoms with Gasteiger partial charge in [0.2, 0.25) is 0 Å². The van der Waals surface area contributed by atoms with E-state index >= 15 is 0 Å². The van der Waals surface area contributed by atoms with E-state index in [9.17, 15) is 4.39 Å². The van der Waals surface area contributed by atoms with Gasteiger partial charge >= 0.3 is 0 Å². The first-order valence-corrected chi connectivity index (χ1v) is 7.66. The number of hydrogen-bond donors (Lipinski definition) is 1.